The third-order valence-corrected chi connectivity index (χ3v) is 5.18. The van der Waals surface area contributed by atoms with E-state index in [2.05, 4.69) is 23.2 Å². The fourth-order valence-electron chi connectivity index (χ4n) is 2.91. The Morgan fingerprint density at radius 1 is 1.26 bits per heavy atom. The lowest BCUT2D eigenvalue weighted by Gasteiger charge is -2.15. The van der Waals surface area contributed by atoms with Crippen LogP contribution in [0.5, 0.6) is 0 Å². The molecule has 0 amide bonds. The van der Waals surface area contributed by atoms with Crippen molar-refractivity contribution in [3.63, 3.8) is 0 Å². The largest absolute Gasteiger partial charge is 0.384 e. The number of allylic oxidation sites excluding steroid dienone is 2. The van der Waals surface area contributed by atoms with Crippen LogP contribution in [0.1, 0.15) is 75.9 Å². The third kappa shape index (κ3) is 6.86. The van der Waals surface area contributed by atoms with E-state index >= 15 is 0 Å². The molecule has 1 unspecified atom stereocenters. The molecule has 5 heteroatoms. The first-order valence-electron chi connectivity index (χ1n) is 10.7. The predicted molar refractivity (Wildman–Crippen MR) is 128 cm³/mol. The molecule has 164 valence electrons. The standard InChI is InChI=1S/C26H34N4O/c1-8-17(5)22(24(26(28)29)23(15-27)30-16(3)4)13-12-20-14-21(11-10-19(20)7)25(31)18(6)9-2/h10-11,14,16,18,30H,8-9H2,1-7H3,(H3,28,29)/b22-17?,24-23+. The second kappa shape index (κ2) is 11.8. The Morgan fingerprint density at radius 3 is 2.39 bits per heavy atom. The predicted octanol–water partition coefficient (Wildman–Crippen LogP) is 5.01. The number of hydrogen-bond acceptors (Lipinski definition) is 4. The molecule has 0 aliphatic rings. The SMILES string of the molecule is CCC(C)=C(C#Cc1cc(C(=O)C(C)CC)ccc1C)/C(C(=N)N)=C(/C#N)NC(C)C. The highest BCUT2D eigenvalue weighted by atomic mass is 16.1. The van der Waals surface area contributed by atoms with E-state index in [0.29, 0.717) is 23.1 Å². The van der Waals surface area contributed by atoms with Crippen LogP contribution in [0, 0.1) is 41.4 Å². The second-order valence-corrected chi connectivity index (χ2v) is 8.04. The second-order valence-electron chi connectivity index (χ2n) is 8.04. The van der Waals surface area contributed by atoms with Gasteiger partial charge in [0.2, 0.25) is 0 Å². The van der Waals surface area contributed by atoms with Crippen LogP contribution in [-0.2, 0) is 0 Å². The molecule has 0 aliphatic carbocycles. The number of rotatable bonds is 8. The van der Waals surface area contributed by atoms with Crippen molar-refractivity contribution < 1.29 is 4.79 Å². The molecular weight excluding hydrogens is 384 g/mol. The first-order valence-corrected chi connectivity index (χ1v) is 10.7. The summed E-state index contributed by atoms with van der Waals surface area (Å²) in [6, 6.07) is 7.70. The molecule has 0 fully saturated rings. The summed E-state index contributed by atoms with van der Waals surface area (Å²) in [4.78, 5) is 12.6. The van der Waals surface area contributed by atoms with Gasteiger partial charge in [-0.1, -0.05) is 50.3 Å². The molecule has 0 aromatic heterocycles. The Kier molecular flexibility index (Phi) is 9.77. The van der Waals surface area contributed by atoms with Gasteiger partial charge in [-0.3, -0.25) is 10.2 Å². The number of amidine groups is 1. The summed E-state index contributed by atoms with van der Waals surface area (Å²) in [6.45, 7) is 13.6. The molecule has 4 N–H and O–H groups in total. The summed E-state index contributed by atoms with van der Waals surface area (Å²) in [5.74, 6) is 6.16. The topological polar surface area (TPSA) is 103 Å². The van der Waals surface area contributed by atoms with Crippen LogP contribution >= 0.6 is 0 Å². The van der Waals surface area contributed by atoms with E-state index in [1.54, 1.807) is 0 Å². The fraction of sp³-hybridized carbons (Fsp3) is 0.423. The highest BCUT2D eigenvalue weighted by Gasteiger charge is 2.17. The maximum Gasteiger partial charge on any atom is 0.165 e. The number of ketones is 1. The number of nitrogens with one attached hydrogen (secondary N) is 2. The number of nitriles is 1. The average Bonchev–Trinajstić information content (AvgIpc) is 2.74. The zero-order valence-electron chi connectivity index (χ0n) is 19.7. The zero-order valence-corrected chi connectivity index (χ0v) is 19.7. The van der Waals surface area contributed by atoms with Gasteiger partial charge in [0.15, 0.2) is 5.78 Å². The smallest absolute Gasteiger partial charge is 0.165 e. The van der Waals surface area contributed by atoms with Crippen LogP contribution < -0.4 is 11.1 Å². The van der Waals surface area contributed by atoms with Crippen LogP contribution in [0.2, 0.25) is 0 Å². The Morgan fingerprint density at radius 2 is 1.90 bits per heavy atom. The van der Waals surface area contributed by atoms with Gasteiger partial charge >= 0.3 is 0 Å². The summed E-state index contributed by atoms with van der Waals surface area (Å²) < 4.78 is 0. The summed E-state index contributed by atoms with van der Waals surface area (Å²) in [5.41, 5.74) is 10.3. The number of nitrogens with zero attached hydrogens (tertiary/aromatic N) is 1. The van der Waals surface area contributed by atoms with E-state index in [1.165, 1.54) is 0 Å². The first-order chi connectivity index (χ1) is 14.6. The average molecular weight is 419 g/mol. The molecule has 0 radical (unpaired) electrons. The van der Waals surface area contributed by atoms with Gasteiger partial charge in [-0.15, -0.1) is 0 Å². The molecule has 1 rings (SSSR count). The first kappa shape index (κ1) is 25.7. The highest BCUT2D eigenvalue weighted by molar-refractivity contribution is 6.02. The number of carbonyl (C=O) groups excluding carboxylic acids is 1. The normalized spacial score (nSPS) is 13.3. The van der Waals surface area contributed by atoms with Crippen LogP contribution in [0.25, 0.3) is 0 Å². The molecule has 1 aromatic rings. The zero-order chi connectivity index (χ0) is 23.7. The van der Waals surface area contributed by atoms with Crippen molar-refractivity contribution in [3.05, 3.63) is 57.3 Å². The molecule has 1 atom stereocenters. The lowest BCUT2D eigenvalue weighted by molar-refractivity contribution is 0.0927. The molecule has 0 aliphatic heterocycles. The number of nitrogens with two attached hydrogens (primary N) is 1. The van der Waals surface area contributed by atoms with Crippen molar-refractivity contribution >= 4 is 11.6 Å². The van der Waals surface area contributed by atoms with Crippen molar-refractivity contribution in [3.8, 4) is 17.9 Å². The Bertz CT molecular complexity index is 1010. The number of Topliss-reactive ketones (excluding diaryl/α,β-unsaturated/α-hetero) is 1. The van der Waals surface area contributed by atoms with Gasteiger partial charge in [0.05, 0.1) is 5.57 Å². The van der Waals surface area contributed by atoms with E-state index in [4.69, 9.17) is 11.1 Å². The molecule has 0 saturated heterocycles. The van der Waals surface area contributed by atoms with Crippen molar-refractivity contribution in [1.29, 1.82) is 10.7 Å². The monoisotopic (exact) mass is 418 g/mol. The van der Waals surface area contributed by atoms with Crippen molar-refractivity contribution in [2.75, 3.05) is 0 Å². The van der Waals surface area contributed by atoms with Gasteiger partial charge in [-0.2, -0.15) is 5.26 Å². The molecule has 0 bridgehead atoms. The molecule has 5 nitrogen and oxygen atoms in total. The van der Waals surface area contributed by atoms with Crippen molar-refractivity contribution in [2.24, 2.45) is 11.7 Å². The number of carbonyl (C=O) groups is 1. The van der Waals surface area contributed by atoms with E-state index in [9.17, 15) is 10.1 Å². The van der Waals surface area contributed by atoms with E-state index < -0.39 is 0 Å². The molecular formula is C26H34N4O. The molecule has 31 heavy (non-hydrogen) atoms. The van der Waals surface area contributed by atoms with Crippen LogP contribution in [0.4, 0.5) is 0 Å². The van der Waals surface area contributed by atoms with E-state index in [-0.39, 0.29) is 29.3 Å². The Hall–Kier alpha value is -3.31. The quantitative estimate of drug-likeness (QED) is 0.138. The minimum absolute atomic E-state index is 0.00522. The fourth-order valence-corrected chi connectivity index (χ4v) is 2.91. The lowest BCUT2D eigenvalue weighted by atomic mass is 9.93. The number of aryl methyl sites for hydroxylation is 1. The highest BCUT2D eigenvalue weighted by Crippen LogP contribution is 2.21. The van der Waals surface area contributed by atoms with E-state index in [1.807, 2.05) is 66.7 Å². The third-order valence-electron chi connectivity index (χ3n) is 5.18. The van der Waals surface area contributed by atoms with Crippen molar-refractivity contribution in [1.82, 2.24) is 5.32 Å². The minimum atomic E-state index is -0.209. The van der Waals surface area contributed by atoms with Crippen LogP contribution in [0.3, 0.4) is 0 Å². The van der Waals surface area contributed by atoms with Gasteiger partial charge in [0.1, 0.15) is 17.6 Å². The van der Waals surface area contributed by atoms with Crippen molar-refractivity contribution in [2.45, 2.75) is 67.3 Å². The Balaban J connectivity index is 3.66. The Labute approximate surface area is 186 Å². The number of benzene rings is 1. The number of hydrogen-bond donors (Lipinski definition) is 3. The van der Waals surface area contributed by atoms with Gasteiger partial charge in [-0.05, 0) is 52.2 Å². The van der Waals surface area contributed by atoms with E-state index in [0.717, 1.165) is 23.1 Å². The maximum atomic E-state index is 12.6. The molecule has 0 heterocycles. The van der Waals surface area contributed by atoms with Gasteiger partial charge in [0.25, 0.3) is 0 Å². The summed E-state index contributed by atoms with van der Waals surface area (Å²) >= 11 is 0. The summed E-state index contributed by atoms with van der Waals surface area (Å²) in [5, 5.41) is 20.8. The molecule has 0 saturated carbocycles. The van der Waals surface area contributed by atoms with Gasteiger partial charge in [-0.25, -0.2) is 0 Å². The summed E-state index contributed by atoms with van der Waals surface area (Å²) in [7, 11) is 0. The lowest BCUT2D eigenvalue weighted by Crippen LogP contribution is -2.27. The van der Waals surface area contributed by atoms with Crippen LogP contribution in [0.15, 0.2) is 40.6 Å². The summed E-state index contributed by atoms with van der Waals surface area (Å²) in [6.07, 6.45) is 1.48. The van der Waals surface area contributed by atoms with Gasteiger partial charge < -0.3 is 11.1 Å². The van der Waals surface area contributed by atoms with Crippen LogP contribution in [-0.4, -0.2) is 17.7 Å². The minimum Gasteiger partial charge on any atom is -0.384 e. The molecule has 1 aromatic carbocycles. The maximum absolute atomic E-state index is 12.6. The molecule has 0 spiro atoms. The van der Waals surface area contributed by atoms with Gasteiger partial charge in [0, 0.05) is 28.7 Å².